The van der Waals surface area contributed by atoms with E-state index in [4.69, 9.17) is 5.73 Å². The minimum Gasteiger partial charge on any atom is -0.430 e. The SMILES string of the molecule is NCc1ccccc1CNC(=O)c1ccc(=O)oc1. The fourth-order valence-electron chi connectivity index (χ4n) is 1.69. The van der Waals surface area contributed by atoms with E-state index in [1.54, 1.807) is 0 Å². The van der Waals surface area contributed by atoms with Gasteiger partial charge in [0.05, 0.1) is 5.56 Å². The highest BCUT2D eigenvalue weighted by molar-refractivity contribution is 5.93. The van der Waals surface area contributed by atoms with E-state index in [0.29, 0.717) is 18.7 Å². The van der Waals surface area contributed by atoms with Crippen molar-refractivity contribution in [3.63, 3.8) is 0 Å². The lowest BCUT2D eigenvalue weighted by Gasteiger charge is -2.08. The van der Waals surface area contributed by atoms with Gasteiger partial charge in [-0.1, -0.05) is 24.3 Å². The molecule has 2 aromatic rings. The van der Waals surface area contributed by atoms with Crippen LogP contribution in [0.5, 0.6) is 0 Å². The van der Waals surface area contributed by atoms with Gasteiger partial charge in [-0.25, -0.2) is 4.79 Å². The van der Waals surface area contributed by atoms with Crippen LogP contribution in [0.1, 0.15) is 21.5 Å². The second kappa shape index (κ2) is 5.97. The highest BCUT2D eigenvalue weighted by atomic mass is 16.4. The molecule has 1 amide bonds. The lowest BCUT2D eigenvalue weighted by Crippen LogP contribution is -2.24. The van der Waals surface area contributed by atoms with E-state index in [1.807, 2.05) is 24.3 Å². The molecule has 1 aromatic carbocycles. The first-order valence-corrected chi connectivity index (χ1v) is 5.84. The molecular weight excluding hydrogens is 244 g/mol. The number of hydrogen-bond acceptors (Lipinski definition) is 4. The maximum Gasteiger partial charge on any atom is 0.335 e. The van der Waals surface area contributed by atoms with Crippen LogP contribution >= 0.6 is 0 Å². The minimum atomic E-state index is -0.481. The molecule has 0 saturated heterocycles. The van der Waals surface area contributed by atoms with Crippen LogP contribution in [0.4, 0.5) is 0 Å². The van der Waals surface area contributed by atoms with Gasteiger partial charge in [-0.3, -0.25) is 4.79 Å². The molecule has 98 valence electrons. The van der Waals surface area contributed by atoms with Crippen LogP contribution in [-0.2, 0) is 13.1 Å². The summed E-state index contributed by atoms with van der Waals surface area (Å²) < 4.78 is 4.64. The van der Waals surface area contributed by atoms with Crippen LogP contribution < -0.4 is 16.7 Å². The predicted molar refractivity (Wildman–Crippen MR) is 70.5 cm³/mol. The number of carbonyl (C=O) groups is 1. The molecule has 0 spiro atoms. The van der Waals surface area contributed by atoms with Crippen LogP contribution in [0.15, 0.2) is 51.9 Å². The van der Waals surface area contributed by atoms with Gasteiger partial charge in [0.15, 0.2) is 0 Å². The molecule has 19 heavy (non-hydrogen) atoms. The second-order valence-corrected chi connectivity index (χ2v) is 4.00. The zero-order valence-electron chi connectivity index (χ0n) is 10.3. The summed E-state index contributed by atoms with van der Waals surface area (Å²) in [5.41, 5.74) is 7.41. The average molecular weight is 258 g/mol. The Kier molecular flexibility index (Phi) is 4.10. The molecule has 2 rings (SSSR count). The Labute approximate surface area is 110 Å². The van der Waals surface area contributed by atoms with Gasteiger partial charge < -0.3 is 15.5 Å². The van der Waals surface area contributed by atoms with Crippen molar-refractivity contribution < 1.29 is 9.21 Å². The number of amides is 1. The van der Waals surface area contributed by atoms with Crippen LogP contribution in [0.3, 0.4) is 0 Å². The molecule has 0 fully saturated rings. The lowest BCUT2D eigenvalue weighted by atomic mass is 10.1. The summed E-state index contributed by atoms with van der Waals surface area (Å²) in [6.07, 6.45) is 1.15. The number of rotatable bonds is 4. The van der Waals surface area contributed by atoms with Crippen LogP contribution in [-0.4, -0.2) is 5.91 Å². The van der Waals surface area contributed by atoms with Gasteiger partial charge in [0.1, 0.15) is 6.26 Å². The molecule has 1 aromatic heterocycles. The van der Waals surface area contributed by atoms with Gasteiger partial charge in [-0.15, -0.1) is 0 Å². The van der Waals surface area contributed by atoms with E-state index in [2.05, 4.69) is 9.73 Å². The maximum atomic E-state index is 11.8. The first-order valence-electron chi connectivity index (χ1n) is 5.84. The Morgan fingerprint density at radius 1 is 1.16 bits per heavy atom. The molecular formula is C14H14N2O3. The largest absolute Gasteiger partial charge is 0.430 e. The normalized spacial score (nSPS) is 10.2. The lowest BCUT2D eigenvalue weighted by molar-refractivity contribution is 0.0948. The van der Waals surface area contributed by atoms with Gasteiger partial charge in [0, 0.05) is 19.2 Å². The maximum absolute atomic E-state index is 11.8. The second-order valence-electron chi connectivity index (χ2n) is 4.00. The van der Waals surface area contributed by atoms with Crippen molar-refractivity contribution >= 4 is 5.91 Å². The summed E-state index contributed by atoms with van der Waals surface area (Å²) in [6, 6.07) is 10.3. The Morgan fingerprint density at radius 3 is 2.53 bits per heavy atom. The van der Waals surface area contributed by atoms with Crippen molar-refractivity contribution in [3.8, 4) is 0 Å². The molecule has 0 bridgehead atoms. The van der Waals surface area contributed by atoms with Crippen LogP contribution in [0.25, 0.3) is 0 Å². The smallest absolute Gasteiger partial charge is 0.335 e. The van der Waals surface area contributed by atoms with Crippen molar-refractivity contribution in [2.45, 2.75) is 13.1 Å². The van der Waals surface area contributed by atoms with Gasteiger partial charge >= 0.3 is 5.63 Å². The standard InChI is InChI=1S/C14H14N2O3/c15-7-10-3-1-2-4-11(10)8-16-14(18)12-5-6-13(17)19-9-12/h1-6,9H,7-8,15H2,(H,16,18). The van der Waals surface area contributed by atoms with Gasteiger partial charge in [-0.2, -0.15) is 0 Å². The van der Waals surface area contributed by atoms with E-state index in [9.17, 15) is 9.59 Å². The van der Waals surface area contributed by atoms with Crippen LogP contribution in [0.2, 0.25) is 0 Å². The first-order chi connectivity index (χ1) is 9.20. The quantitative estimate of drug-likeness (QED) is 0.857. The minimum absolute atomic E-state index is 0.296. The molecule has 0 atom stereocenters. The Balaban J connectivity index is 2.04. The molecule has 0 saturated carbocycles. The molecule has 0 aliphatic heterocycles. The summed E-state index contributed by atoms with van der Waals surface area (Å²) >= 11 is 0. The van der Waals surface area contributed by atoms with E-state index >= 15 is 0 Å². The summed E-state index contributed by atoms with van der Waals surface area (Å²) in [5.74, 6) is -0.296. The summed E-state index contributed by atoms with van der Waals surface area (Å²) in [6.45, 7) is 0.803. The van der Waals surface area contributed by atoms with Gasteiger partial charge in [0.25, 0.3) is 5.91 Å². The number of hydrogen-bond donors (Lipinski definition) is 2. The highest BCUT2D eigenvalue weighted by Gasteiger charge is 2.07. The van der Waals surface area contributed by atoms with Crippen molar-refractivity contribution in [1.82, 2.24) is 5.32 Å². The molecule has 0 aliphatic rings. The molecule has 0 radical (unpaired) electrons. The van der Waals surface area contributed by atoms with Crippen molar-refractivity contribution in [1.29, 1.82) is 0 Å². The molecule has 0 aliphatic carbocycles. The van der Waals surface area contributed by atoms with Crippen LogP contribution in [0, 0.1) is 0 Å². The van der Waals surface area contributed by atoms with Crippen molar-refractivity contribution in [2.75, 3.05) is 0 Å². The van der Waals surface area contributed by atoms with E-state index < -0.39 is 5.63 Å². The molecule has 0 unspecified atom stereocenters. The predicted octanol–water partition coefficient (Wildman–Crippen LogP) is 1.03. The Morgan fingerprint density at radius 2 is 1.89 bits per heavy atom. The molecule has 3 N–H and O–H groups in total. The third-order valence-electron chi connectivity index (χ3n) is 2.74. The first kappa shape index (κ1) is 13.0. The fourth-order valence-corrected chi connectivity index (χ4v) is 1.69. The Hall–Kier alpha value is -2.40. The fraction of sp³-hybridized carbons (Fsp3) is 0.143. The summed E-state index contributed by atoms with van der Waals surface area (Å²) in [7, 11) is 0. The number of benzene rings is 1. The third kappa shape index (κ3) is 3.29. The number of nitrogens with two attached hydrogens (primary N) is 1. The summed E-state index contributed by atoms with van der Waals surface area (Å²) in [5, 5.41) is 2.75. The monoisotopic (exact) mass is 258 g/mol. The van der Waals surface area contributed by atoms with Crippen molar-refractivity contribution in [3.05, 3.63) is 69.8 Å². The zero-order chi connectivity index (χ0) is 13.7. The van der Waals surface area contributed by atoms with Gasteiger partial charge in [0.2, 0.25) is 0 Å². The van der Waals surface area contributed by atoms with E-state index in [-0.39, 0.29) is 5.91 Å². The zero-order valence-corrected chi connectivity index (χ0v) is 10.3. The Bertz CT molecular complexity index is 614. The van der Waals surface area contributed by atoms with Gasteiger partial charge in [-0.05, 0) is 17.2 Å². The van der Waals surface area contributed by atoms with E-state index in [1.165, 1.54) is 12.1 Å². The molecule has 5 nitrogen and oxygen atoms in total. The van der Waals surface area contributed by atoms with Crippen molar-refractivity contribution in [2.24, 2.45) is 5.73 Å². The molecule has 1 heterocycles. The third-order valence-corrected chi connectivity index (χ3v) is 2.74. The average Bonchev–Trinajstić information content (AvgIpc) is 2.45. The number of nitrogens with one attached hydrogen (secondary N) is 1. The molecule has 5 heteroatoms. The van der Waals surface area contributed by atoms with E-state index in [0.717, 1.165) is 17.4 Å². The number of carbonyl (C=O) groups excluding carboxylic acids is 1. The summed E-state index contributed by atoms with van der Waals surface area (Å²) in [4.78, 5) is 22.6. The topological polar surface area (TPSA) is 85.3 Å². The highest BCUT2D eigenvalue weighted by Crippen LogP contribution is 2.07.